The second-order valence-electron chi connectivity index (χ2n) is 4.50. The summed E-state index contributed by atoms with van der Waals surface area (Å²) in [5.41, 5.74) is 7.37. The summed E-state index contributed by atoms with van der Waals surface area (Å²) in [4.78, 5) is 11.6. The summed E-state index contributed by atoms with van der Waals surface area (Å²) in [6.07, 6.45) is 0. The van der Waals surface area contributed by atoms with Gasteiger partial charge in [0.25, 0.3) is 0 Å². The first kappa shape index (κ1) is 13.9. The molecule has 2 N–H and O–H groups in total. The van der Waals surface area contributed by atoms with Crippen molar-refractivity contribution in [2.75, 3.05) is 18.9 Å². The van der Waals surface area contributed by atoms with Crippen molar-refractivity contribution in [1.82, 2.24) is 0 Å². The highest BCUT2D eigenvalue weighted by molar-refractivity contribution is 5.81. The summed E-state index contributed by atoms with van der Waals surface area (Å²) in [6.45, 7) is 1.98. The van der Waals surface area contributed by atoms with Gasteiger partial charge in [-0.25, -0.2) is 0 Å². The molecule has 0 heterocycles. The number of anilines is 1. The van der Waals surface area contributed by atoms with Crippen molar-refractivity contribution in [3.63, 3.8) is 0 Å². The van der Waals surface area contributed by atoms with Gasteiger partial charge in [-0.2, -0.15) is 0 Å². The van der Waals surface area contributed by atoms with E-state index in [9.17, 15) is 4.79 Å². The van der Waals surface area contributed by atoms with Crippen molar-refractivity contribution >= 4 is 11.5 Å². The zero-order valence-electron chi connectivity index (χ0n) is 11.3. The van der Waals surface area contributed by atoms with E-state index in [4.69, 9.17) is 15.2 Å². The van der Waals surface area contributed by atoms with Gasteiger partial charge in [-0.05, 0) is 43.3 Å². The zero-order chi connectivity index (χ0) is 14.4. The number of carbonyl (C=O) groups excluding carboxylic acids is 1. The molecule has 0 fully saturated rings. The third-order valence-electron chi connectivity index (χ3n) is 2.70. The predicted molar refractivity (Wildman–Crippen MR) is 78.0 cm³/mol. The molecule has 0 aliphatic heterocycles. The maximum Gasteiger partial charge on any atom is 0.207 e. The van der Waals surface area contributed by atoms with E-state index in [2.05, 4.69) is 0 Å². The largest absolute Gasteiger partial charge is 0.486 e. The molecule has 0 aromatic heterocycles. The first-order valence-electron chi connectivity index (χ1n) is 6.33. The Morgan fingerprint density at radius 2 is 1.35 bits per heavy atom. The van der Waals surface area contributed by atoms with Crippen LogP contribution < -0.4 is 15.2 Å². The average molecular weight is 271 g/mol. The lowest BCUT2D eigenvalue weighted by molar-refractivity contribution is -0.123. The molecular formula is C16H17NO3. The Bertz CT molecular complexity index is 510. The molecule has 0 spiro atoms. The van der Waals surface area contributed by atoms with Crippen LogP contribution >= 0.6 is 0 Å². The highest BCUT2D eigenvalue weighted by Crippen LogP contribution is 2.13. The Labute approximate surface area is 118 Å². The summed E-state index contributed by atoms with van der Waals surface area (Å²) >= 11 is 0. The SMILES string of the molecule is Cc1ccc(OCC(=O)COc2ccc(N)cc2)cc1. The number of hydrogen-bond acceptors (Lipinski definition) is 4. The number of ketones is 1. The van der Waals surface area contributed by atoms with Crippen LogP contribution in [0.15, 0.2) is 48.5 Å². The van der Waals surface area contributed by atoms with E-state index < -0.39 is 0 Å². The minimum Gasteiger partial charge on any atom is -0.486 e. The molecular weight excluding hydrogens is 254 g/mol. The van der Waals surface area contributed by atoms with E-state index >= 15 is 0 Å². The van der Waals surface area contributed by atoms with Crippen molar-refractivity contribution in [3.8, 4) is 11.5 Å². The van der Waals surface area contributed by atoms with E-state index in [0.29, 0.717) is 17.2 Å². The van der Waals surface area contributed by atoms with Crippen LogP contribution in [0.2, 0.25) is 0 Å². The smallest absolute Gasteiger partial charge is 0.207 e. The van der Waals surface area contributed by atoms with Gasteiger partial charge in [-0.3, -0.25) is 4.79 Å². The lowest BCUT2D eigenvalue weighted by Crippen LogP contribution is -2.19. The number of ether oxygens (including phenoxy) is 2. The van der Waals surface area contributed by atoms with Gasteiger partial charge in [0, 0.05) is 5.69 Å². The Kier molecular flexibility index (Phi) is 4.60. The molecule has 0 aliphatic rings. The van der Waals surface area contributed by atoms with Crippen LogP contribution in [0.1, 0.15) is 5.56 Å². The lowest BCUT2D eigenvalue weighted by atomic mass is 10.2. The monoisotopic (exact) mass is 271 g/mol. The third kappa shape index (κ3) is 4.31. The quantitative estimate of drug-likeness (QED) is 0.820. The molecule has 0 aliphatic carbocycles. The molecule has 0 bridgehead atoms. The molecule has 0 atom stereocenters. The Balaban J connectivity index is 1.75. The maximum absolute atomic E-state index is 11.6. The van der Waals surface area contributed by atoms with E-state index in [1.807, 2.05) is 31.2 Å². The number of rotatable bonds is 6. The minimum absolute atomic E-state index is 0.00195. The zero-order valence-corrected chi connectivity index (χ0v) is 11.3. The molecule has 2 aromatic carbocycles. The molecule has 2 rings (SSSR count). The van der Waals surface area contributed by atoms with Gasteiger partial charge in [0.1, 0.15) is 24.7 Å². The summed E-state index contributed by atoms with van der Waals surface area (Å²) in [5, 5.41) is 0. The average Bonchev–Trinajstić information content (AvgIpc) is 2.46. The molecule has 4 nitrogen and oxygen atoms in total. The normalized spacial score (nSPS) is 10.1. The molecule has 104 valence electrons. The standard InChI is InChI=1S/C16H17NO3/c1-12-2-6-15(7-3-12)19-10-14(18)11-20-16-8-4-13(17)5-9-16/h2-9H,10-11,17H2,1H3. The van der Waals surface area contributed by atoms with Crippen molar-refractivity contribution < 1.29 is 14.3 Å². The first-order valence-corrected chi connectivity index (χ1v) is 6.33. The molecule has 0 radical (unpaired) electrons. The molecule has 0 unspecified atom stereocenters. The van der Waals surface area contributed by atoms with Crippen molar-refractivity contribution in [1.29, 1.82) is 0 Å². The highest BCUT2D eigenvalue weighted by Gasteiger charge is 2.04. The van der Waals surface area contributed by atoms with Crippen LogP contribution in [0.4, 0.5) is 5.69 Å². The lowest BCUT2D eigenvalue weighted by Gasteiger charge is -2.07. The number of aryl methyl sites for hydroxylation is 1. The number of nitrogen functional groups attached to an aromatic ring is 1. The fourth-order valence-electron chi connectivity index (χ4n) is 1.57. The van der Waals surface area contributed by atoms with Gasteiger partial charge < -0.3 is 15.2 Å². The topological polar surface area (TPSA) is 61.5 Å². The number of Topliss-reactive ketones (excluding diaryl/α,β-unsaturated/α-hetero) is 1. The van der Waals surface area contributed by atoms with Gasteiger partial charge in [0.05, 0.1) is 0 Å². The summed E-state index contributed by atoms with van der Waals surface area (Å²) in [7, 11) is 0. The second-order valence-corrected chi connectivity index (χ2v) is 4.50. The molecule has 20 heavy (non-hydrogen) atoms. The number of benzene rings is 2. The van der Waals surface area contributed by atoms with Crippen molar-refractivity contribution in [2.45, 2.75) is 6.92 Å². The first-order chi connectivity index (χ1) is 9.63. The van der Waals surface area contributed by atoms with Crippen molar-refractivity contribution in [3.05, 3.63) is 54.1 Å². The van der Waals surface area contributed by atoms with Gasteiger partial charge >= 0.3 is 0 Å². The molecule has 0 saturated heterocycles. The number of nitrogens with two attached hydrogens (primary N) is 1. The predicted octanol–water partition coefficient (Wildman–Crippen LogP) is 2.60. The van der Waals surface area contributed by atoms with E-state index in [-0.39, 0.29) is 19.0 Å². The molecule has 0 saturated carbocycles. The highest BCUT2D eigenvalue weighted by atomic mass is 16.5. The van der Waals surface area contributed by atoms with E-state index in [0.717, 1.165) is 5.56 Å². The fraction of sp³-hybridized carbons (Fsp3) is 0.188. The third-order valence-corrected chi connectivity index (χ3v) is 2.70. The van der Waals surface area contributed by atoms with Crippen molar-refractivity contribution in [2.24, 2.45) is 0 Å². The molecule has 4 heteroatoms. The van der Waals surface area contributed by atoms with Gasteiger partial charge in [0.2, 0.25) is 5.78 Å². The summed E-state index contributed by atoms with van der Waals surface area (Å²) in [5.74, 6) is 1.17. The Morgan fingerprint density at radius 1 is 0.900 bits per heavy atom. The van der Waals surface area contributed by atoms with E-state index in [1.54, 1.807) is 24.3 Å². The number of hydrogen-bond donors (Lipinski definition) is 1. The van der Waals surface area contributed by atoms with Crippen LogP contribution in [0, 0.1) is 6.92 Å². The molecule has 0 amide bonds. The summed E-state index contributed by atoms with van der Waals surface area (Å²) < 4.78 is 10.7. The number of carbonyl (C=O) groups is 1. The van der Waals surface area contributed by atoms with Gasteiger partial charge in [-0.1, -0.05) is 17.7 Å². The summed E-state index contributed by atoms with van der Waals surface area (Å²) in [6, 6.07) is 14.4. The Hall–Kier alpha value is -2.49. The van der Waals surface area contributed by atoms with Crippen LogP contribution in [0.25, 0.3) is 0 Å². The fourth-order valence-corrected chi connectivity index (χ4v) is 1.57. The van der Waals surface area contributed by atoms with Crippen LogP contribution in [-0.4, -0.2) is 19.0 Å². The maximum atomic E-state index is 11.6. The van der Waals surface area contributed by atoms with Crippen LogP contribution in [0.3, 0.4) is 0 Å². The minimum atomic E-state index is -0.123. The Morgan fingerprint density at radius 3 is 1.85 bits per heavy atom. The van der Waals surface area contributed by atoms with Gasteiger partial charge in [0.15, 0.2) is 0 Å². The van der Waals surface area contributed by atoms with Crippen LogP contribution in [0.5, 0.6) is 11.5 Å². The van der Waals surface area contributed by atoms with E-state index in [1.165, 1.54) is 0 Å². The van der Waals surface area contributed by atoms with Gasteiger partial charge in [-0.15, -0.1) is 0 Å². The second kappa shape index (κ2) is 6.61. The van der Waals surface area contributed by atoms with Crippen LogP contribution in [-0.2, 0) is 4.79 Å². The molecule has 2 aromatic rings.